The molecule has 18 heavy (non-hydrogen) atoms. The molecule has 92 valence electrons. The van der Waals surface area contributed by atoms with Crippen LogP contribution in [-0.2, 0) is 0 Å². The van der Waals surface area contributed by atoms with E-state index in [1.54, 1.807) is 18.2 Å². The number of nitrogens with zero attached hydrogens (tertiary/aromatic N) is 2. The standard InChI is InChI=1S/C12H7Cl3N2O/c13-8-1-2-11(17-6-8)16-5-7-3-9(14)4-10(15)12(7)18/h1-6,18H. The third-order valence-electron chi connectivity index (χ3n) is 2.11. The van der Waals surface area contributed by atoms with E-state index in [4.69, 9.17) is 34.8 Å². The lowest BCUT2D eigenvalue weighted by atomic mass is 10.2. The fourth-order valence-electron chi connectivity index (χ4n) is 1.26. The molecule has 2 rings (SSSR count). The zero-order valence-corrected chi connectivity index (χ0v) is 11.2. The Labute approximate surface area is 119 Å². The molecule has 0 atom stereocenters. The van der Waals surface area contributed by atoms with E-state index >= 15 is 0 Å². The Hall–Kier alpha value is -1.29. The number of phenolic OH excluding ortho intramolecular Hbond substituents is 1. The monoisotopic (exact) mass is 300 g/mol. The quantitative estimate of drug-likeness (QED) is 0.830. The number of aromatic hydroxyl groups is 1. The van der Waals surface area contributed by atoms with Gasteiger partial charge in [0.2, 0.25) is 0 Å². The highest BCUT2D eigenvalue weighted by Crippen LogP contribution is 2.30. The fraction of sp³-hybridized carbons (Fsp3) is 0. The van der Waals surface area contributed by atoms with Crippen molar-refractivity contribution in [2.24, 2.45) is 4.99 Å². The van der Waals surface area contributed by atoms with Crippen molar-refractivity contribution in [2.75, 3.05) is 0 Å². The van der Waals surface area contributed by atoms with Gasteiger partial charge in [0, 0.05) is 23.0 Å². The van der Waals surface area contributed by atoms with E-state index in [1.165, 1.54) is 18.5 Å². The number of hydrogen-bond acceptors (Lipinski definition) is 3. The molecule has 1 N–H and O–H groups in total. The van der Waals surface area contributed by atoms with Crippen LogP contribution in [0.4, 0.5) is 5.82 Å². The summed E-state index contributed by atoms with van der Waals surface area (Å²) in [4.78, 5) is 8.08. The van der Waals surface area contributed by atoms with E-state index in [0.29, 0.717) is 21.4 Å². The van der Waals surface area contributed by atoms with Gasteiger partial charge in [-0.1, -0.05) is 34.8 Å². The van der Waals surface area contributed by atoms with Crippen LogP contribution < -0.4 is 0 Å². The van der Waals surface area contributed by atoms with E-state index in [1.807, 2.05) is 0 Å². The molecule has 1 aromatic carbocycles. The molecule has 0 aliphatic carbocycles. The number of aromatic nitrogens is 1. The van der Waals surface area contributed by atoms with Crippen LogP contribution in [0.5, 0.6) is 5.75 Å². The van der Waals surface area contributed by atoms with Crippen LogP contribution in [0.15, 0.2) is 35.5 Å². The van der Waals surface area contributed by atoms with E-state index in [0.717, 1.165) is 0 Å². The zero-order valence-electron chi connectivity index (χ0n) is 8.94. The first-order valence-electron chi connectivity index (χ1n) is 4.90. The molecule has 1 heterocycles. The highest BCUT2D eigenvalue weighted by molar-refractivity contribution is 6.36. The van der Waals surface area contributed by atoms with Gasteiger partial charge in [-0.05, 0) is 24.3 Å². The van der Waals surface area contributed by atoms with Crippen molar-refractivity contribution >= 4 is 46.8 Å². The third-order valence-corrected chi connectivity index (χ3v) is 2.84. The van der Waals surface area contributed by atoms with Gasteiger partial charge < -0.3 is 5.11 Å². The van der Waals surface area contributed by atoms with Gasteiger partial charge in [-0.15, -0.1) is 0 Å². The molecule has 0 unspecified atom stereocenters. The highest BCUT2D eigenvalue weighted by Gasteiger charge is 2.05. The van der Waals surface area contributed by atoms with Gasteiger partial charge in [-0.3, -0.25) is 0 Å². The van der Waals surface area contributed by atoms with Crippen LogP contribution in [0.25, 0.3) is 0 Å². The Bertz CT molecular complexity index is 597. The van der Waals surface area contributed by atoms with Crippen molar-refractivity contribution in [1.29, 1.82) is 0 Å². The molecule has 0 saturated carbocycles. The molecule has 0 fully saturated rings. The van der Waals surface area contributed by atoms with Gasteiger partial charge in [-0.2, -0.15) is 0 Å². The minimum Gasteiger partial charge on any atom is -0.506 e. The first-order valence-corrected chi connectivity index (χ1v) is 6.03. The molecule has 0 amide bonds. The second kappa shape index (κ2) is 5.57. The van der Waals surface area contributed by atoms with Crippen LogP contribution in [0, 0.1) is 0 Å². The second-order valence-electron chi connectivity index (χ2n) is 3.42. The molecule has 0 aliphatic heterocycles. The summed E-state index contributed by atoms with van der Waals surface area (Å²) < 4.78 is 0. The Kier molecular flexibility index (Phi) is 4.07. The molecule has 0 spiro atoms. The number of benzene rings is 1. The van der Waals surface area contributed by atoms with Crippen molar-refractivity contribution < 1.29 is 5.11 Å². The zero-order chi connectivity index (χ0) is 13.1. The summed E-state index contributed by atoms with van der Waals surface area (Å²) in [6.07, 6.45) is 2.92. The van der Waals surface area contributed by atoms with Gasteiger partial charge >= 0.3 is 0 Å². The molecule has 0 bridgehead atoms. The Morgan fingerprint density at radius 1 is 1.11 bits per heavy atom. The number of hydrogen-bond donors (Lipinski definition) is 1. The first kappa shape index (κ1) is 13.1. The average molecular weight is 302 g/mol. The summed E-state index contributed by atoms with van der Waals surface area (Å²) >= 11 is 17.3. The van der Waals surface area contributed by atoms with E-state index in [2.05, 4.69) is 9.98 Å². The van der Waals surface area contributed by atoms with Gasteiger partial charge in [0.25, 0.3) is 0 Å². The van der Waals surface area contributed by atoms with Crippen LogP contribution in [0.3, 0.4) is 0 Å². The maximum Gasteiger partial charge on any atom is 0.151 e. The minimum absolute atomic E-state index is 0.0706. The number of phenols is 1. The molecule has 3 nitrogen and oxygen atoms in total. The van der Waals surface area contributed by atoms with E-state index in [-0.39, 0.29) is 10.8 Å². The highest BCUT2D eigenvalue weighted by atomic mass is 35.5. The Balaban J connectivity index is 2.31. The predicted octanol–water partition coefficient (Wildman–Crippen LogP) is 4.50. The van der Waals surface area contributed by atoms with Crippen LogP contribution in [0.2, 0.25) is 15.1 Å². The van der Waals surface area contributed by atoms with Gasteiger partial charge in [-0.25, -0.2) is 9.98 Å². The van der Waals surface area contributed by atoms with Gasteiger partial charge in [0.1, 0.15) is 5.75 Å². The summed E-state index contributed by atoms with van der Waals surface area (Å²) in [5.74, 6) is 0.397. The topological polar surface area (TPSA) is 45.5 Å². The maximum atomic E-state index is 9.72. The second-order valence-corrected chi connectivity index (χ2v) is 4.70. The van der Waals surface area contributed by atoms with E-state index < -0.39 is 0 Å². The summed E-state index contributed by atoms with van der Waals surface area (Å²) in [7, 11) is 0. The smallest absolute Gasteiger partial charge is 0.151 e. The lowest BCUT2D eigenvalue weighted by Gasteiger charge is -2.02. The van der Waals surface area contributed by atoms with Crippen LogP contribution in [0.1, 0.15) is 5.56 Å². The van der Waals surface area contributed by atoms with Crippen molar-refractivity contribution in [2.45, 2.75) is 0 Å². The third kappa shape index (κ3) is 3.13. The normalized spacial score (nSPS) is 11.1. The summed E-state index contributed by atoms with van der Waals surface area (Å²) in [6, 6.07) is 6.34. The average Bonchev–Trinajstić information content (AvgIpc) is 2.34. The molecule has 1 aromatic heterocycles. The summed E-state index contributed by atoms with van der Waals surface area (Å²) in [5, 5.41) is 10.8. The molecular weight excluding hydrogens is 295 g/mol. The first-order chi connectivity index (χ1) is 8.56. The Morgan fingerprint density at radius 2 is 1.89 bits per heavy atom. The lowest BCUT2D eigenvalue weighted by molar-refractivity contribution is 0.475. The molecule has 0 aliphatic rings. The van der Waals surface area contributed by atoms with Crippen LogP contribution >= 0.6 is 34.8 Å². The van der Waals surface area contributed by atoms with Crippen LogP contribution in [-0.4, -0.2) is 16.3 Å². The lowest BCUT2D eigenvalue weighted by Crippen LogP contribution is -1.84. The SMILES string of the molecule is Oc1c(Cl)cc(Cl)cc1C=Nc1ccc(Cl)cn1. The largest absolute Gasteiger partial charge is 0.506 e. The van der Waals surface area contributed by atoms with Crippen molar-refractivity contribution in [1.82, 2.24) is 4.98 Å². The fourth-order valence-corrected chi connectivity index (χ4v) is 1.89. The predicted molar refractivity (Wildman–Crippen MR) is 74.6 cm³/mol. The number of pyridine rings is 1. The molecule has 2 aromatic rings. The van der Waals surface area contributed by atoms with Gasteiger partial charge in [0.15, 0.2) is 5.82 Å². The number of halogens is 3. The maximum absolute atomic E-state index is 9.72. The van der Waals surface area contributed by atoms with Crippen molar-refractivity contribution in [3.05, 3.63) is 51.1 Å². The summed E-state index contributed by atoms with van der Waals surface area (Å²) in [6.45, 7) is 0. The number of aliphatic imine (C=N–C) groups is 1. The molecule has 0 radical (unpaired) electrons. The minimum atomic E-state index is -0.0706. The van der Waals surface area contributed by atoms with Crippen molar-refractivity contribution in [3.63, 3.8) is 0 Å². The number of rotatable bonds is 2. The summed E-state index contributed by atoms with van der Waals surface area (Å²) in [5.41, 5.74) is 0.421. The van der Waals surface area contributed by atoms with E-state index in [9.17, 15) is 5.11 Å². The molecule has 0 saturated heterocycles. The molecular formula is C12H7Cl3N2O. The van der Waals surface area contributed by atoms with Crippen molar-refractivity contribution in [3.8, 4) is 5.75 Å². The molecule has 6 heteroatoms. The van der Waals surface area contributed by atoms with Gasteiger partial charge in [0.05, 0.1) is 10.0 Å². The Morgan fingerprint density at radius 3 is 2.56 bits per heavy atom.